The Morgan fingerprint density at radius 1 is 1.37 bits per heavy atom. The lowest BCUT2D eigenvalue weighted by Crippen LogP contribution is -2.22. The molecule has 0 aliphatic heterocycles. The van der Waals surface area contributed by atoms with Crippen molar-refractivity contribution in [3.05, 3.63) is 42.0 Å². The first kappa shape index (κ1) is 13.2. The number of pyridine rings is 1. The summed E-state index contributed by atoms with van der Waals surface area (Å²) in [5.74, 6) is -0.126. The zero-order valence-corrected chi connectivity index (χ0v) is 11.2. The topological polar surface area (TPSA) is 77.0 Å². The highest BCUT2D eigenvalue weighted by Gasteiger charge is 2.12. The number of amides is 1. The van der Waals surface area contributed by atoms with Crippen LogP contribution in [-0.4, -0.2) is 39.7 Å². The number of carbonyl (C=O) groups is 1. The van der Waals surface area contributed by atoms with Gasteiger partial charge in [-0.2, -0.15) is 5.10 Å². The van der Waals surface area contributed by atoms with E-state index in [1.165, 1.54) is 4.90 Å². The maximum Gasteiger partial charge on any atom is 0.273 e. The highest BCUT2D eigenvalue weighted by atomic mass is 16.2. The molecule has 1 unspecified atom stereocenters. The van der Waals surface area contributed by atoms with E-state index >= 15 is 0 Å². The average Bonchev–Trinajstić information content (AvgIpc) is 2.87. The molecule has 0 spiro atoms. The Morgan fingerprint density at radius 3 is 2.63 bits per heavy atom. The van der Waals surface area contributed by atoms with Gasteiger partial charge in [0.2, 0.25) is 0 Å². The third-order valence-corrected chi connectivity index (χ3v) is 2.72. The molecule has 0 radical (unpaired) electrons. The predicted octanol–water partition coefficient (Wildman–Crippen LogP) is 0.989. The first-order valence-electron chi connectivity index (χ1n) is 5.98. The Labute approximate surface area is 111 Å². The third kappa shape index (κ3) is 2.79. The monoisotopic (exact) mass is 259 g/mol. The first-order valence-corrected chi connectivity index (χ1v) is 5.98. The van der Waals surface area contributed by atoms with Gasteiger partial charge in [0.1, 0.15) is 0 Å². The Kier molecular flexibility index (Phi) is 3.62. The fraction of sp³-hybridized carbons (Fsp3) is 0.308. The smallest absolute Gasteiger partial charge is 0.273 e. The maximum atomic E-state index is 11.8. The van der Waals surface area contributed by atoms with E-state index in [4.69, 9.17) is 5.73 Å². The van der Waals surface area contributed by atoms with Gasteiger partial charge in [-0.1, -0.05) is 0 Å². The zero-order valence-electron chi connectivity index (χ0n) is 11.2. The number of hydrogen-bond acceptors (Lipinski definition) is 4. The second-order valence-electron chi connectivity index (χ2n) is 4.58. The Bertz CT molecular complexity index is 571. The fourth-order valence-corrected chi connectivity index (χ4v) is 1.61. The molecule has 0 saturated heterocycles. The normalized spacial score (nSPS) is 12.2. The van der Waals surface area contributed by atoms with Gasteiger partial charge in [-0.05, 0) is 25.1 Å². The molecule has 0 aliphatic carbocycles. The lowest BCUT2D eigenvalue weighted by Gasteiger charge is -2.07. The summed E-state index contributed by atoms with van der Waals surface area (Å²) in [6.07, 6.45) is 3.43. The molecule has 2 N–H and O–H groups in total. The van der Waals surface area contributed by atoms with Crippen molar-refractivity contribution in [3.63, 3.8) is 0 Å². The summed E-state index contributed by atoms with van der Waals surface area (Å²) in [5.41, 5.74) is 7.76. The molecule has 0 aliphatic rings. The van der Waals surface area contributed by atoms with Crippen LogP contribution in [0.15, 0.2) is 30.6 Å². The van der Waals surface area contributed by atoms with Crippen molar-refractivity contribution >= 4 is 5.91 Å². The van der Waals surface area contributed by atoms with E-state index in [0.29, 0.717) is 5.69 Å². The third-order valence-electron chi connectivity index (χ3n) is 2.72. The van der Waals surface area contributed by atoms with Crippen molar-refractivity contribution in [2.45, 2.75) is 13.0 Å². The lowest BCUT2D eigenvalue weighted by atomic mass is 10.2. The highest BCUT2D eigenvalue weighted by Crippen LogP contribution is 2.11. The molecule has 6 nitrogen and oxygen atoms in total. The fourth-order valence-electron chi connectivity index (χ4n) is 1.61. The summed E-state index contributed by atoms with van der Waals surface area (Å²) >= 11 is 0. The SMILES string of the molecule is CC(N)c1ccc(-n2ccc(C(=O)N(C)C)n2)cn1. The van der Waals surface area contributed by atoms with Crippen LogP contribution < -0.4 is 5.73 Å². The molecule has 0 fully saturated rings. The van der Waals surface area contributed by atoms with Gasteiger partial charge in [0.15, 0.2) is 5.69 Å². The molecule has 2 heterocycles. The summed E-state index contributed by atoms with van der Waals surface area (Å²) < 4.78 is 1.62. The number of nitrogens with zero attached hydrogens (tertiary/aromatic N) is 4. The van der Waals surface area contributed by atoms with Crippen molar-refractivity contribution < 1.29 is 4.79 Å². The molecule has 2 aromatic rings. The van der Waals surface area contributed by atoms with Gasteiger partial charge < -0.3 is 10.6 Å². The van der Waals surface area contributed by atoms with Crippen molar-refractivity contribution in [1.29, 1.82) is 0 Å². The van der Waals surface area contributed by atoms with Gasteiger partial charge in [-0.3, -0.25) is 9.78 Å². The molecule has 1 atom stereocenters. The van der Waals surface area contributed by atoms with Crippen LogP contribution in [0.1, 0.15) is 29.1 Å². The summed E-state index contributed by atoms with van der Waals surface area (Å²) in [7, 11) is 3.39. The van der Waals surface area contributed by atoms with Gasteiger partial charge in [0.05, 0.1) is 17.6 Å². The molecule has 1 amide bonds. The number of carbonyl (C=O) groups excluding carboxylic acids is 1. The van der Waals surface area contributed by atoms with Gasteiger partial charge >= 0.3 is 0 Å². The standard InChI is InChI=1S/C13H17N5O/c1-9(14)11-5-4-10(8-15-11)18-7-6-12(16-18)13(19)17(2)3/h4-9H,14H2,1-3H3. The van der Waals surface area contributed by atoms with Crippen LogP contribution in [0.3, 0.4) is 0 Å². The second kappa shape index (κ2) is 5.19. The molecule has 100 valence electrons. The van der Waals surface area contributed by atoms with Crippen LogP contribution in [0.4, 0.5) is 0 Å². The van der Waals surface area contributed by atoms with Crippen LogP contribution in [0.2, 0.25) is 0 Å². The summed E-state index contributed by atoms with van der Waals surface area (Å²) in [6.45, 7) is 1.88. The van der Waals surface area contributed by atoms with Crippen molar-refractivity contribution in [1.82, 2.24) is 19.7 Å². The van der Waals surface area contributed by atoms with Gasteiger partial charge in [0.25, 0.3) is 5.91 Å². The first-order chi connectivity index (χ1) is 8.99. The molecule has 0 aromatic carbocycles. The van der Waals surface area contributed by atoms with Crippen molar-refractivity contribution in [2.75, 3.05) is 14.1 Å². The summed E-state index contributed by atoms with van der Waals surface area (Å²) in [4.78, 5) is 17.5. The van der Waals surface area contributed by atoms with Crippen molar-refractivity contribution in [2.24, 2.45) is 5.73 Å². The number of rotatable bonds is 3. The summed E-state index contributed by atoms with van der Waals surface area (Å²) in [6, 6.07) is 5.32. The molecule has 0 bridgehead atoms. The highest BCUT2D eigenvalue weighted by molar-refractivity contribution is 5.91. The lowest BCUT2D eigenvalue weighted by molar-refractivity contribution is 0.0821. The second-order valence-corrected chi connectivity index (χ2v) is 4.58. The number of nitrogens with two attached hydrogens (primary N) is 1. The molecule has 6 heteroatoms. The zero-order chi connectivity index (χ0) is 14.0. The van der Waals surface area contributed by atoms with Gasteiger partial charge in [0, 0.05) is 26.3 Å². The minimum Gasteiger partial charge on any atom is -0.343 e. The van der Waals surface area contributed by atoms with E-state index in [1.54, 1.807) is 37.2 Å². The van der Waals surface area contributed by atoms with Crippen molar-refractivity contribution in [3.8, 4) is 5.69 Å². The Morgan fingerprint density at radius 2 is 2.11 bits per heavy atom. The maximum absolute atomic E-state index is 11.8. The van der Waals surface area contributed by atoms with Crippen LogP contribution in [0.25, 0.3) is 5.69 Å². The van der Waals surface area contributed by atoms with E-state index in [-0.39, 0.29) is 11.9 Å². The minimum atomic E-state index is -0.126. The molecule has 2 rings (SSSR count). The van der Waals surface area contributed by atoms with Crippen LogP contribution in [0.5, 0.6) is 0 Å². The van der Waals surface area contributed by atoms with Gasteiger partial charge in [-0.25, -0.2) is 4.68 Å². The minimum absolute atomic E-state index is 0.0995. The van der Waals surface area contributed by atoms with Gasteiger partial charge in [-0.15, -0.1) is 0 Å². The quantitative estimate of drug-likeness (QED) is 0.891. The molecule has 19 heavy (non-hydrogen) atoms. The average molecular weight is 259 g/mol. The van der Waals surface area contributed by atoms with E-state index in [2.05, 4.69) is 10.1 Å². The Balaban J connectivity index is 2.25. The van der Waals surface area contributed by atoms with E-state index in [0.717, 1.165) is 11.4 Å². The molecular weight excluding hydrogens is 242 g/mol. The van der Waals surface area contributed by atoms with E-state index in [9.17, 15) is 4.79 Å². The van der Waals surface area contributed by atoms with Crippen LogP contribution in [-0.2, 0) is 0 Å². The summed E-state index contributed by atoms with van der Waals surface area (Å²) in [5, 5.41) is 4.23. The molecular formula is C13H17N5O. The van der Waals surface area contributed by atoms with E-state index < -0.39 is 0 Å². The molecule has 2 aromatic heterocycles. The number of hydrogen-bond donors (Lipinski definition) is 1. The molecule has 0 saturated carbocycles. The number of aromatic nitrogens is 3. The predicted molar refractivity (Wildman–Crippen MR) is 72.0 cm³/mol. The largest absolute Gasteiger partial charge is 0.343 e. The Hall–Kier alpha value is -2.21. The van der Waals surface area contributed by atoms with E-state index in [1.807, 2.05) is 19.1 Å². The van der Waals surface area contributed by atoms with Crippen LogP contribution >= 0.6 is 0 Å². The van der Waals surface area contributed by atoms with Crippen LogP contribution in [0, 0.1) is 0 Å².